The molecule has 1 saturated heterocycles. The van der Waals surface area contributed by atoms with Crippen LogP contribution in [0.25, 0.3) is 0 Å². The van der Waals surface area contributed by atoms with Crippen molar-refractivity contribution in [1.29, 1.82) is 0 Å². The van der Waals surface area contributed by atoms with Crippen LogP contribution in [0.2, 0.25) is 0 Å². The fourth-order valence-corrected chi connectivity index (χ4v) is 1.23. The molecule has 0 unspecified atom stereocenters. The number of carbonyl (C=O) groups is 4. The van der Waals surface area contributed by atoms with Crippen molar-refractivity contribution >= 4 is 23.8 Å². The number of hydrogen-bond acceptors (Lipinski definition) is 5. The van der Waals surface area contributed by atoms with Crippen molar-refractivity contribution in [3.8, 4) is 0 Å². The molecular formula is C16H22N2O6. The van der Waals surface area contributed by atoms with E-state index >= 15 is 0 Å². The van der Waals surface area contributed by atoms with Crippen LogP contribution in [0.15, 0.2) is 50.6 Å². The van der Waals surface area contributed by atoms with Crippen LogP contribution in [0.3, 0.4) is 0 Å². The minimum atomic E-state index is -1.25. The number of amides is 2. The van der Waals surface area contributed by atoms with Crippen molar-refractivity contribution in [3.05, 3.63) is 50.6 Å². The largest absolute Gasteiger partial charge is 0.477 e. The molecular weight excluding hydrogens is 316 g/mol. The molecule has 0 saturated carbocycles. The Morgan fingerprint density at radius 3 is 2.08 bits per heavy atom. The van der Waals surface area contributed by atoms with E-state index in [-0.39, 0.29) is 17.6 Å². The van der Waals surface area contributed by atoms with E-state index < -0.39 is 11.9 Å². The van der Waals surface area contributed by atoms with Gasteiger partial charge >= 0.3 is 11.9 Å². The van der Waals surface area contributed by atoms with E-state index in [2.05, 4.69) is 31.1 Å². The number of nitrogens with one attached hydrogen (secondary N) is 1. The summed E-state index contributed by atoms with van der Waals surface area (Å²) in [6.45, 7) is 15.0. The number of aliphatic carboxylic acids is 1. The molecule has 1 aliphatic heterocycles. The second kappa shape index (κ2) is 13.5. The Hall–Kier alpha value is -3.16. The zero-order chi connectivity index (χ0) is 19.1. The number of hydrogen-bond donors (Lipinski definition) is 2. The van der Waals surface area contributed by atoms with Gasteiger partial charge in [0.25, 0.3) is 0 Å². The SMILES string of the molecule is C=CC(=O)NC(=C)C(=O)O.C=CN1CCCC1=O.C=COC(C)=O. The van der Waals surface area contributed by atoms with Crippen molar-refractivity contribution in [2.75, 3.05) is 6.54 Å². The van der Waals surface area contributed by atoms with Gasteiger partial charge < -0.3 is 20.1 Å². The first-order valence-electron chi connectivity index (χ1n) is 6.75. The number of rotatable bonds is 5. The van der Waals surface area contributed by atoms with Gasteiger partial charge in [-0.25, -0.2) is 4.79 Å². The fourth-order valence-electron chi connectivity index (χ4n) is 1.23. The highest BCUT2D eigenvalue weighted by atomic mass is 16.5. The highest BCUT2D eigenvalue weighted by Gasteiger charge is 2.16. The van der Waals surface area contributed by atoms with Gasteiger partial charge in [-0.1, -0.05) is 26.3 Å². The Morgan fingerprint density at radius 1 is 1.29 bits per heavy atom. The Kier molecular flexibility index (Phi) is 13.0. The Bertz CT molecular complexity index is 525. The van der Waals surface area contributed by atoms with E-state index in [1.54, 1.807) is 11.1 Å². The minimum Gasteiger partial charge on any atom is -0.477 e. The summed E-state index contributed by atoms with van der Waals surface area (Å²) in [4.78, 5) is 42.4. The second-order valence-electron chi connectivity index (χ2n) is 4.13. The van der Waals surface area contributed by atoms with Gasteiger partial charge in [0, 0.05) is 19.9 Å². The maximum Gasteiger partial charge on any atom is 0.351 e. The normalized spacial score (nSPS) is 11.5. The Balaban J connectivity index is 0. The number of carbonyl (C=O) groups excluding carboxylic acids is 3. The van der Waals surface area contributed by atoms with Gasteiger partial charge in [-0.2, -0.15) is 0 Å². The van der Waals surface area contributed by atoms with E-state index in [9.17, 15) is 19.2 Å². The topological polar surface area (TPSA) is 113 Å². The maximum atomic E-state index is 10.7. The van der Waals surface area contributed by atoms with Gasteiger partial charge in [-0.3, -0.25) is 14.4 Å². The number of esters is 1. The predicted molar refractivity (Wildman–Crippen MR) is 88.2 cm³/mol. The van der Waals surface area contributed by atoms with Crippen LogP contribution in [0.1, 0.15) is 19.8 Å². The van der Waals surface area contributed by atoms with Crippen LogP contribution in [0.5, 0.6) is 0 Å². The summed E-state index contributed by atoms with van der Waals surface area (Å²) >= 11 is 0. The highest BCUT2D eigenvalue weighted by molar-refractivity contribution is 5.96. The standard InChI is InChI=1S/C6H7NO3.C6H9NO.C4H6O2/c1-3-5(8)7-4(2)6(9)10;1-2-7-5-3-4-6(7)8;1-3-6-4(2)5/h3H,1-2H2,(H,7,8)(H,9,10);2H,1,3-5H2;3H,1H2,2H3. The first-order valence-corrected chi connectivity index (χ1v) is 6.75. The zero-order valence-corrected chi connectivity index (χ0v) is 13.6. The molecule has 8 nitrogen and oxygen atoms in total. The van der Waals surface area contributed by atoms with Crippen molar-refractivity contribution in [1.82, 2.24) is 10.2 Å². The summed E-state index contributed by atoms with van der Waals surface area (Å²) in [7, 11) is 0. The minimum absolute atomic E-state index is 0.208. The lowest BCUT2D eigenvalue weighted by Gasteiger charge is -2.05. The molecule has 24 heavy (non-hydrogen) atoms. The van der Waals surface area contributed by atoms with Gasteiger partial charge in [0.2, 0.25) is 11.8 Å². The number of likely N-dealkylation sites (tertiary alicyclic amines) is 1. The van der Waals surface area contributed by atoms with Gasteiger partial charge in [-0.15, -0.1) is 0 Å². The van der Waals surface area contributed by atoms with Crippen LogP contribution in [0.4, 0.5) is 0 Å². The highest BCUT2D eigenvalue weighted by Crippen LogP contribution is 2.08. The van der Waals surface area contributed by atoms with Crippen LogP contribution < -0.4 is 5.32 Å². The maximum absolute atomic E-state index is 10.7. The Morgan fingerprint density at radius 2 is 1.88 bits per heavy atom. The van der Waals surface area contributed by atoms with E-state index in [0.717, 1.165) is 25.3 Å². The summed E-state index contributed by atoms with van der Waals surface area (Å²) in [5.74, 6) is -1.95. The van der Waals surface area contributed by atoms with Crippen molar-refractivity contribution in [2.45, 2.75) is 19.8 Å². The molecule has 0 aromatic rings. The lowest BCUT2D eigenvalue weighted by atomic mass is 10.4. The quantitative estimate of drug-likeness (QED) is 0.444. The average molecular weight is 338 g/mol. The summed E-state index contributed by atoms with van der Waals surface area (Å²) < 4.78 is 4.17. The predicted octanol–water partition coefficient (Wildman–Crippen LogP) is 1.33. The molecule has 0 radical (unpaired) electrons. The summed E-state index contributed by atoms with van der Waals surface area (Å²) in [5, 5.41) is 10.2. The second-order valence-corrected chi connectivity index (χ2v) is 4.13. The number of ether oxygens (including phenoxy) is 1. The summed E-state index contributed by atoms with van der Waals surface area (Å²) in [5.41, 5.74) is -0.357. The number of nitrogens with zero attached hydrogens (tertiary/aromatic N) is 1. The summed E-state index contributed by atoms with van der Waals surface area (Å²) in [6, 6.07) is 0. The molecule has 1 aliphatic rings. The van der Waals surface area contributed by atoms with Crippen molar-refractivity contribution in [2.24, 2.45) is 0 Å². The Labute approximate surface area is 140 Å². The number of carboxylic acids is 1. The molecule has 8 heteroatoms. The van der Waals surface area contributed by atoms with Gasteiger partial charge in [0.05, 0.1) is 6.26 Å². The molecule has 1 rings (SSSR count). The molecule has 1 fully saturated rings. The van der Waals surface area contributed by atoms with E-state index in [4.69, 9.17) is 5.11 Å². The molecule has 0 aromatic carbocycles. The average Bonchev–Trinajstić information content (AvgIpc) is 2.93. The van der Waals surface area contributed by atoms with Crippen molar-refractivity contribution in [3.63, 3.8) is 0 Å². The molecule has 2 amide bonds. The fraction of sp³-hybridized carbons (Fsp3) is 0.250. The van der Waals surface area contributed by atoms with Gasteiger partial charge in [-0.05, 0) is 18.7 Å². The lowest BCUT2D eigenvalue weighted by Crippen LogP contribution is -2.24. The summed E-state index contributed by atoms with van der Waals surface area (Å²) in [6.07, 6.45) is 5.35. The molecule has 0 spiro atoms. The van der Waals surface area contributed by atoms with E-state index in [1.807, 2.05) is 5.32 Å². The van der Waals surface area contributed by atoms with E-state index in [1.165, 1.54) is 6.92 Å². The lowest BCUT2D eigenvalue weighted by molar-refractivity contribution is -0.135. The van der Waals surface area contributed by atoms with Crippen LogP contribution in [0, 0.1) is 0 Å². The van der Waals surface area contributed by atoms with Crippen molar-refractivity contribution < 1.29 is 29.0 Å². The molecule has 2 N–H and O–H groups in total. The first-order chi connectivity index (χ1) is 11.2. The molecule has 132 valence electrons. The van der Waals surface area contributed by atoms with Crippen LogP contribution >= 0.6 is 0 Å². The van der Waals surface area contributed by atoms with Crippen LogP contribution in [-0.2, 0) is 23.9 Å². The smallest absolute Gasteiger partial charge is 0.351 e. The third-order valence-electron chi connectivity index (χ3n) is 2.30. The third kappa shape index (κ3) is 12.6. The van der Waals surface area contributed by atoms with Gasteiger partial charge in [0.1, 0.15) is 5.70 Å². The number of carboxylic acid groups (broad SMARTS) is 1. The molecule has 0 bridgehead atoms. The molecule has 0 atom stereocenters. The third-order valence-corrected chi connectivity index (χ3v) is 2.30. The zero-order valence-electron chi connectivity index (χ0n) is 13.6. The van der Waals surface area contributed by atoms with Gasteiger partial charge in [0.15, 0.2) is 0 Å². The first kappa shape index (κ1) is 23.1. The molecule has 1 heterocycles. The monoisotopic (exact) mass is 338 g/mol. The molecule has 0 aliphatic carbocycles. The molecule has 0 aromatic heterocycles. The van der Waals surface area contributed by atoms with Crippen LogP contribution in [-0.4, -0.2) is 40.3 Å². The van der Waals surface area contributed by atoms with E-state index in [0.29, 0.717) is 6.42 Å².